The van der Waals surface area contributed by atoms with Crippen molar-refractivity contribution in [3.63, 3.8) is 0 Å². The van der Waals surface area contributed by atoms with Crippen molar-refractivity contribution in [2.45, 2.75) is 83.7 Å². The summed E-state index contributed by atoms with van der Waals surface area (Å²) in [6.07, 6.45) is 18.4. The molecule has 4 rings (SSSR count). The molecular weight excluding hydrogens is 268 g/mol. The Labute approximate surface area is 136 Å². The molecule has 22 heavy (non-hydrogen) atoms. The van der Waals surface area contributed by atoms with E-state index in [2.05, 4.69) is 19.8 Å². The quantitative estimate of drug-likeness (QED) is 0.638. The summed E-state index contributed by atoms with van der Waals surface area (Å²) in [5.41, 5.74) is 0.280. The molecule has 0 aliphatic heterocycles. The Hall–Kier alpha value is -0.480. The summed E-state index contributed by atoms with van der Waals surface area (Å²) in [5.74, 6) is 6.18. The fraction of sp³-hybridized carbons (Fsp3) is 0.905. The predicted molar refractivity (Wildman–Crippen MR) is 90.1 cm³/mol. The van der Waals surface area contributed by atoms with E-state index >= 15 is 0 Å². The molecule has 0 saturated heterocycles. The highest BCUT2D eigenvalue weighted by Gasteiger charge is 2.59. The molecule has 0 radical (unpaired) electrons. The molecule has 7 atom stereocenters. The topological polar surface area (TPSA) is 20.2 Å². The lowest BCUT2D eigenvalue weighted by Gasteiger charge is -2.61. The van der Waals surface area contributed by atoms with E-state index in [0.717, 1.165) is 37.0 Å². The minimum Gasteiger partial charge on any atom is -0.378 e. The van der Waals surface area contributed by atoms with E-state index in [1.807, 2.05) is 0 Å². The zero-order valence-corrected chi connectivity index (χ0v) is 14.4. The van der Waals surface area contributed by atoms with E-state index in [1.54, 1.807) is 0 Å². The number of rotatable bonds is 0. The van der Waals surface area contributed by atoms with Gasteiger partial charge in [0.05, 0.1) is 0 Å². The Kier molecular flexibility index (Phi) is 3.26. The molecule has 0 bridgehead atoms. The van der Waals surface area contributed by atoms with E-state index < -0.39 is 5.60 Å². The highest BCUT2D eigenvalue weighted by atomic mass is 16.3. The molecule has 0 aromatic carbocycles. The van der Waals surface area contributed by atoms with E-state index in [-0.39, 0.29) is 0 Å². The maximum absolute atomic E-state index is 10.6. The molecule has 0 spiro atoms. The summed E-state index contributed by atoms with van der Waals surface area (Å²) in [4.78, 5) is 0. The fourth-order valence-corrected chi connectivity index (χ4v) is 7.37. The van der Waals surface area contributed by atoms with Crippen LogP contribution in [0.25, 0.3) is 0 Å². The highest BCUT2D eigenvalue weighted by Crippen LogP contribution is 2.66. The second kappa shape index (κ2) is 4.76. The lowest BCUT2D eigenvalue weighted by Crippen LogP contribution is -2.55. The van der Waals surface area contributed by atoms with Gasteiger partial charge in [0.25, 0.3) is 0 Å². The van der Waals surface area contributed by atoms with Crippen LogP contribution in [0.2, 0.25) is 0 Å². The zero-order valence-electron chi connectivity index (χ0n) is 14.4. The summed E-state index contributed by atoms with van der Waals surface area (Å²) >= 11 is 0. The molecule has 1 nitrogen and oxygen atoms in total. The first kappa shape index (κ1) is 15.1. The van der Waals surface area contributed by atoms with Crippen LogP contribution < -0.4 is 0 Å². The van der Waals surface area contributed by atoms with Crippen LogP contribution in [-0.4, -0.2) is 10.7 Å². The van der Waals surface area contributed by atoms with Gasteiger partial charge in [0.15, 0.2) is 0 Å². The van der Waals surface area contributed by atoms with Gasteiger partial charge in [-0.1, -0.05) is 26.2 Å². The van der Waals surface area contributed by atoms with Crippen molar-refractivity contribution in [1.29, 1.82) is 0 Å². The molecule has 4 fully saturated rings. The van der Waals surface area contributed by atoms with Crippen molar-refractivity contribution in [3.8, 4) is 12.3 Å². The van der Waals surface area contributed by atoms with E-state index in [4.69, 9.17) is 6.42 Å². The Morgan fingerprint density at radius 2 is 1.77 bits per heavy atom. The first-order valence-electron chi connectivity index (χ1n) is 9.60. The van der Waals surface area contributed by atoms with Crippen LogP contribution in [0.15, 0.2) is 0 Å². The van der Waals surface area contributed by atoms with Gasteiger partial charge in [-0.05, 0) is 92.3 Å². The molecule has 0 aromatic rings. The van der Waals surface area contributed by atoms with Gasteiger partial charge in [0.2, 0.25) is 0 Å². The molecule has 1 unspecified atom stereocenters. The van der Waals surface area contributed by atoms with Gasteiger partial charge >= 0.3 is 0 Å². The van der Waals surface area contributed by atoms with Gasteiger partial charge in [-0.3, -0.25) is 0 Å². The van der Waals surface area contributed by atoms with Gasteiger partial charge < -0.3 is 5.11 Å². The highest BCUT2D eigenvalue weighted by molar-refractivity contribution is 5.15. The van der Waals surface area contributed by atoms with E-state index in [9.17, 15) is 5.11 Å². The molecule has 4 saturated carbocycles. The summed E-state index contributed by atoms with van der Waals surface area (Å²) in [7, 11) is 0. The Morgan fingerprint density at radius 1 is 0.955 bits per heavy atom. The second-order valence-electron chi connectivity index (χ2n) is 9.62. The van der Waals surface area contributed by atoms with Crippen LogP contribution >= 0.6 is 0 Å². The minimum atomic E-state index is -0.812. The molecule has 0 aromatic heterocycles. The maximum Gasteiger partial charge on any atom is 0.125 e. The molecule has 1 N–H and O–H groups in total. The predicted octanol–water partition coefficient (Wildman–Crippen LogP) is 4.78. The molecule has 4 aliphatic carbocycles. The summed E-state index contributed by atoms with van der Waals surface area (Å²) < 4.78 is 0. The van der Waals surface area contributed by atoms with E-state index in [0.29, 0.717) is 16.7 Å². The molecule has 4 aliphatic rings. The summed E-state index contributed by atoms with van der Waals surface area (Å²) in [6.45, 7) is 5.12. The normalized spacial score (nSPS) is 57.4. The monoisotopic (exact) mass is 300 g/mol. The number of terminal acetylenes is 1. The van der Waals surface area contributed by atoms with Crippen molar-refractivity contribution in [2.24, 2.45) is 34.5 Å². The van der Waals surface area contributed by atoms with Crippen LogP contribution in [0.1, 0.15) is 78.1 Å². The molecule has 0 amide bonds. The SMILES string of the molecule is C#C[C@@]1(O)CC[C@@]2(C)C(CC[C@H]3[C@@H]4CCC[C@@]4(C)CC[C@@H]32)C1. The van der Waals surface area contributed by atoms with Crippen LogP contribution in [0, 0.1) is 46.8 Å². The Bertz CT molecular complexity index is 505. The molecular formula is C21H32O. The number of hydrogen-bond acceptors (Lipinski definition) is 1. The Balaban J connectivity index is 1.61. The molecule has 0 heterocycles. The van der Waals surface area contributed by atoms with Gasteiger partial charge in [-0.15, -0.1) is 6.42 Å². The van der Waals surface area contributed by atoms with Gasteiger partial charge in [0.1, 0.15) is 5.60 Å². The second-order valence-corrected chi connectivity index (χ2v) is 9.62. The van der Waals surface area contributed by atoms with Crippen LogP contribution in [0.4, 0.5) is 0 Å². The number of aliphatic hydroxyl groups is 1. The molecule has 122 valence electrons. The summed E-state index contributed by atoms with van der Waals surface area (Å²) in [5, 5.41) is 10.6. The maximum atomic E-state index is 10.6. The first-order valence-corrected chi connectivity index (χ1v) is 9.60. The largest absolute Gasteiger partial charge is 0.378 e. The van der Waals surface area contributed by atoms with E-state index in [1.165, 1.54) is 44.9 Å². The van der Waals surface area contributed by atoms with Crippen LogP contribution in [0.5, 0.6) is 0 Å². The minimum absolute atomic E-state index is 0.440. The van der Waals surface area contributed by atoms with Gasteiger partial charge in [0, 0.05) is 0 Å². The average molecular weight is 300 g/mol. The van der Waals surface area contributed by atoms with Crippen molar-refractivity contribution in [2.75, 3.05) is 0 Å². The Morgan fingerprint density at radius 3 is 2.55 bits per heavy atom. The average Bonchev–Trinajstić information content (AvgIpc) is 2.90. The number of fused-ring (bicyclic) bond motifs is 5. The lowest BCUT2D eigenvalue weighted by molar-refractivity contribution is -0.133. The zero-order chi connectivity index (χ0) is 15.6. The van der Waals surface area contributed by atoms with Crippen molar-refractivity contribution in [1.82, 2.24) is 0 Å². The van der Waals surface area contributed by atoms with Crippen molar-refractivity contribution < 1.29 is 5.11 Å². The van der Waals surface area contributed by atoms with Crippen molar-refractivity contribution >= 4 is 0 Å². The third-order valence-electron chi connectivity index (χ3n) is 8.78. The standard InChI is InChI=1S/C21H32O/c1-4-21(22)13-12-20(3)15(14-21)7-8-16-17-6-5-10-19(17,2)11-9-18(16)20/h1,15-18,22H,5-14H2,2-3H3/t15?,16-,17-,18-,19-,20-,21+/m0/s1. The number of hydrogen-bond donors (Lipinski definition) is 1. The molecule has 1 heteroatoms. The summed E-state index contributed by atoms with van der Waals surface area (Å²) in [6, 6.07) is 0. The lowest BCUT2D eigenvalue weighted by atomic mass is 9.44. The van der Waals surface area contributed by atoms with Crippen molar-refractivity contribution in [3.05, 3.63) is 0 Å². The first-order chi connectivity index (χ1) is 10.4. The third kappa shape index (κ3) is 1.96. The fourth-order valence-electron chi connectivity index (χ4n) is 7.37. The van der Waals surface area contributed by atoms with Crippen LogP contribution in [0.3, 0.4) is 0 Å². The van der Waals surface area contributed by atoms with Gasteiger partial charge in [-0.25, -0.2) is 0 Å². The van der Waals surface area contributed by atoms with Crippen LogP contribution in [-0.2, 0) is 0 Å². The third-order valence-corrected chi connectivity index (χ3v) is 8.78. The van der Waals surface area contributed by atoms with Gasteiger partial charge in [-0.2, -0.15) is 0 Å². The smallest absolute Gasteiger partial charge is 0.125 e.